The van der Waals surface area contributed by atoms with Crippen molar-refractivity contribution in [3.05, 3.63) is 35.5 Å². The number of sulfonamides is 1. The van der Waals surface area contributed by atoms with Gasteiger partial charge in [-0.05, 0) is 12.1 Å². The predicted molar refractivity (Wildman–Crippen MR) is 57.0 cm³/mol. The number of aliphatic hydroxyl groups is 1. The van der Waals surface area contributed by atoms with Crippen LogP contribution < -0.4 is 4.72 Å². The Hall–Kier alpha value is -1.82. The molecule has 0 saturated heterocycles. The molecule has 84 valence electrons. The number of hydrogen-bond acceptors (Lipinski definition) is 4. The molecule has 1 aliphatic heterocycles. The Morgan fingerprint density at radius 2 is 1.94 bits per heavy atom. The Kier molecular flexibility index (Phi) is 2.23. The van der Waals surface area contributed by atoms with E-state index < -0.39 is 15.8 Å². The molecule has 0 unspecified atom stereocenters. The lowest BCUT2D eigenvalue weighted by Gasteiger charge is -2.19. The molecule has 0 atom stereocenters. The minimum atomic E-state index is -3.76. The molecule has 5 nitrogen and oxygen atoms in total. The molecule has 1 heterocycles. The van der Waals surface area contributed by atoms with Crippen molar-refractivity contribution >= 4 is 21.6 Å². The Bertz CT molecular complexity index is 601. The smallest absolute Gasteiger partial charge is 0.262 e. The molecule has 0 amide bonds. The van der Waals surface area contributed by atoms with Crippen molar-refractivity contribution in [3.63, 3.8) is 0 Å². The summed E-state index contributed by atoms with van der Waals surface area (Å²) < 4.78 is 25.5. The maximum atomic E-state index is 11.7. The first-order valence-electron chi connectivity index (χ1n) is 4.50. The number of allylic oxidation sites excluding steroid dienone is 1. The highest BCUT2D eigenvalue weighted by atomic mass is 32.2. The molecule has 0 spiro atoms. The normalized spacial score (nSPS) is 17.6. The molecule has 1 aromatic rings. The summed E-state index contributed by atoms with van der Waals surface area (Å²) in [6, 6.07) is 5.95. The van der Waals surface area contributed by atoms with E-state index in [1.54, 1.807) is 12.1 Å². The van der Waals surface area contributed by atoms with Gasteiger partial charge in [-0.1, -0.05) is 12.1 Å². The number of hydrogen-bond donors (Lipinski definition) is 2. The number of fused-ring (bicyclic) bond motifs is 1. The lowest BCUT2D eigenvalue weighted by molar-refractivity contribution is -0.113. The predicted octanol–water partition coefficient (Wildman–Crippen LogP) is 0.794. The molecule has 1 aliphatic rings. The largest absolute Gasteiger partial charge is 0.505 e. The number of nitrogens with one attached hydrogen (secondary N) is 1. The molecule has 2 N–H and O–H groups in total. The van der Waals surface area contributed by atoms with Crippen molar-refractivity contribution in [2.45, 2.75) is 11.8 Å². The molecular weight excluding hydrogens is 230 g/mol. The van der Waals surface area contributed by atoms with E-state index in [0.29, 0.717) is 0 Å². The fourth-order valence-corrected chi connectivity index (χ4v) is 2.84. The number of aliphatic hydroxyl groups excluding tert-OH is 1. The SMILES string of the molecule is CC(=O)C1=C(O)c2ccccc2S(=O)(=O)N1. The standard InChI is InChI=1S/C10H9NO4S/c1-6(12)9-10(13)7-4-2-3-5-8(7)16(14,15)11-9/h2-5,11,13H,1H3. The van der Waals surface area contributed by atoms with Gasteiger partial charge in [0.2, 0.25) is 0 Å². The topological polar surface area (TPSA) is 83.5 Å². The molecule has 2 rings (SSSR count). The average Bonchev–Trinajstić information content (AvgIpc) is 2.23. The molecule has 0 radical (unpaired) electrons. The van der Waals surface area contributed by atoms with E-state index >= 15 is 0 Å². The van der Waals surface area contributed by atoms with Gasteiger partial charge < -0.3 is 5.11 Å². The maximum absolute atomic E-state index is 11.7. The Labute approximate surface area is 92.5 Å². The number of rotatable bonds is 1. The van der Waals surface area contributed by atoms with Gasteiger partial charge in [0.15, 0.2) is 11.5 Å². The van der Waals surface area contributed by atoms with Crippen molar-refractivity contribution in [2.24, 2.45) is 0 Å². The van der Waals surface area contributed by atoms with Gasteiger partial charge in [-0.2, -0.15) is 0 Å². The van der Waals surface area contributed by atoms with E-state index in [1.807, 2.05) is 0 Å². The van der Waals surface area contributed by atoms with E-state index in [4.69, 9.17) is 0 Å². The van der Waals surface area contributed by atoms with Gasteiger partial charge in [0.05, 0.1) is 4.90 Å². The van der Waals surface area contributed by atoms with E-state index in [2.05, 4.69) is 4.72 Å². The lowest BCUT2D eigenvalue weighted by Crippen LogP contribution is -2.32. The summed E-state index contributed by atoms with van der Waals surface area (Å²) in [5.74, 6) is -0.867. The molecule has 1 aromatic carbocycles. The van der Waals surface area contributed by atoms with Crippen LogP contribution in [0.25, 0.3) is 5.76 Å². The first-order chi connectivity index (χ1) is 7.43. The Balaban J connectivity index is 2.80. The zero-order chi connectivity index (χ0) is 11.9. The summed E-state index contributed by atoms with van der Waals surface area (Å²) in [6.45, 7) is 1.18. The summed E-state index contributed by atoms with van der Waals surface area (Å²) >= 11 is 0. The molecular formula is C10H9NO4S. The van der Waals surface area contributed by atoms with Crippen LogP contribution in [0.3, 0.4) is 0 Å². The van der Waals surface area contributed by atoms with Gasteiger partial charge in [0.1, 0.15) is 5.70 Å². The zero-order valence-electron chi connectivity index (χ0n) is 8.39. The van der Waals surface area contributed by atoms with E-state index in [-0.39, 0.29) is 21.9 Å². The van der Waals surface area contributed by atoms with Gasteiger partial charge in [0, 0.05) is 12.5 Å². The van der Waals surface area contributed by atoms with Crippen LogP contribution in [0.1, 0.15) is 12.5 Å². The van der Waals surface area contributed by atoms with Crippen molar-refractivity contribution < 1.29 is 18.3 Å². The lowest BCUT2D eigenvalue weighted by atomic mass is 10.1. The summed E-state index contributed by atoms with van der Waals surface area (Å²) in [5, 5.41) is 9.76. The van der Waals surface area contributed by atoms with Gasteiger partial charge in [0.25, 0.3) is 10.0 Å². The molecule has 16 heavy (non-hydrogen) atoms. The second kappa shape index (κ2) is 3.34. The summed E-state index contributed by atoms with van der Waals surface area (Å²) in [5.41, 5.74) is -0.148. The van der Waals surface area contributed by atoms with Gasteiger partial charge in [-0.25, -0.2) is 8.42 Å². The highest BCUT2D eigenvalue weighted by Crippen LogP contribution is 2.28. The number of carbonyl (C=O) groups is 1. The van der Waals surface area contributed by atoms with Crippen LogP contribution >= 0.6 is 0 Å². The highest BCUT2D eigenvalue weighted by Gasteiger charge is 2.30. The van der Waals surface area contributed by atoms with Crippen LogP contribution in [0.15, 0.2) is 34.9 Å². The van der Waals surface area contributed by atoms with E-state index in [9.17, 15) is 18.3 Å². The molecule has 0 aromatic heterocycles. The Morgan fingerprint density at radius 1 is 1.31 bits per heavy atom. The van der Waals surface area contributed by atoms with Crippen LogP contribution in [-0.4, -0.2) is 19.3 Å². The molecule has 0 fully saturated rings. The molecule has 0 aliphatic carbocycles. The Morgan fingerprint density at radius 3 is 2.56 bits per heavy atom. The van der Waals surface area contributed by atoms with Crippen LogP contribution in [-0.2, 0) is 14.8 Å². The third kappa shape index (κ3) is 1.47. The highest BCUT2D eigenvalue weighted by molar-refractivity contribution is 7.89. The molecule has 0 saturated carbocycles. The summed E-state index contributed by atoms with van der Waals surface area (Å²) in [4.78, 5) is 11.1. The fraction of sp³-hybridized carbons (Fsp3) is 0.100. The number of benzene rings is 1. The van der Waals surface area contributed by atoms with Crippen LogP contribution in [0.5, 0.6) is 0 Å². The van der Waals surface area contributed by atoms with E-state index in [1.165, 1.54) is 19.1 Å². The monoisotopic (exact) mass is 239 g/mol. The minimum Gasteiger partial charge on any atom is -0.505 e. The number of carbonyl (C=O) groups excluding carboxylic acids is 1. The van der Waals surface area contributed by atoms with Gasteiger partial charge >= 0.3 is 0 Å². The van der Waals surface area contributed by atoms with Gasteiger partial charge in [-0.15, -0.1) is 0 Å². The summed E-state index contributed by atoms with van der Waals surface area (Å²) in [7, 11) is -3.76. The van der Waals surface area contributed by atoms with Crippen LogP contribution in [0.4, 0.5) is 0 Å². The number of Topliss-reactive ketones (excluding diaryl/α,β-unsaturated/α-hetero) is 1. The van der Waals surface area contributed by atoms with Crippen molar-refractivity contribution in [2.75, 3.05) is 0 Å². The second-order valence-corrected chi connectivity index (χ2v) is 5.03. The summed E-state index contributed by atoms with van der Waals surface area (Å²) in [6.07, 6.45) is 0. The average molecular weight is 239 g/mol. The first-order valence-corrected chi connectivity index (χ1v) is 5.98. The van der Waals surface area contributed by atoms with Crippen LogP contribution in [0, 0.1) is 0 Å². The number of ketones is 1. The molecule has 6 heteroatoms. The minimum absolute atomic E-state index is 0.0301. The zero-order valence-corrected chi connectivity index (χ0v) is 9.21. The van der Waals surface area contributed by atoms with Crippen LogP contribution in [0.2, 0.25) is 0 Å². The second-order valence-electron chi connectivity index (χ2n) is 3.38. The van der Waals surface area contributed by atoms with E-state index in [0.717, 1.165) is 0 Å². The van der Waals surface area contributed by atoms with Crippen molar-refractivity contribution in [1.82, 2.24) is 4.72 Å². The maximum Gasteiger partial charge on any atom is 0.262 e. The third-order valence-corrected chi connectivity index (χ3v) is 3.66. The molecule has 0 bridgehead atoms. The quantitative estimate of drug-likeness (QED) is 0.759. The first kappa shape index (κ1) is 10.7. The third-order valence-electron chi connectivity index (χ3n) is 2.26. The fourth-order valence-electron chi connectivity index (χ4n) is 1.51. The van der Waals surface area contributed by atoms with Crippen molar-refractivity contribution in [1.29, 1.82) is 0 Å². The van der Waals surface area contributed by atoms with Crippen molar-refractivity contribution in [3.8, 4) is 0 Å². The van der Waals surface area contributed by atoms with Gasteiger partial charge in [-0.3, -0.25) is 9.52 Å².